The number of anilines is 1. The van der Waals surface area contributed by atoms with Crippen molar-refractivity contribution in [3.63, 3.8) is 0 Å². The minimum Gasteiger partial charge on any atom is -0.380 e. The quantitative estimate of drug-likeness (QED) is 0.395. The molecule has 2 aliphatic heterocycles. The number of nitrogens with one attached hydrogen (secondary N) is 2. The molecule has 2 N–H and O–H groups in total. The topological polar surface area (TPSA) is 47.2 Å². The summed E-state index contributed by atoms with van der Waals surface area (Å²) < 4.78 is 81.1. The molecule has 2 aromatic heterocycles. The average molecular weight is 526 g/mol. The Kier molecular flexibility index (Phi) is 7.10. The van der Waals surface area contributed by atoms with E-state index < -0.39 is 36.4 Å². The minimum atomic E-state index is -4.44. The fourth-order valence-corrected chi connectivity index (χ4v) is 5.65. The summed E-state index contributed by atoms with van der Waals surface area (Å²) in [6.45, 7) is 2.58. The van der Waals surface area contributed by atoms with E-state index >= 15 is 0 Å². The molecule has 5 nitrogen and oxygen atoms in total. The van der Waals surface area contributed by atoms with Crippen molar-refractivity contribution in [1.29, 1.82) is 0 Å². The number of aromatic nitrogens is 2. The second kappa shape index (κ2) is 10.2. The van der Waals surface area contributed by atoms with Gasteiger partial charge in [-0.1, -0.05) is 0 Å². The van der Waals surface area contributed by atoms with E-state index in [1.54, 1.807) is 25.3 Å². The molecule has 0 bridgehead atoms. The van der Waals surface area contributed by atoms with Crippen molar-refractivity contribution in [1.82, 2.24) is 19.8 Å². The lowest BCUT2D eigenvalue weighted by Crippen LogP contribution is -2.47. The first-order valence-electron chi connectivity index (χ1n) is 12.5. The molecule has 3 atom stereocenters. The van der Waals surface area contributed by atoms with E-state index in [2.05, 4.69) is 20.2 Å². The van der Waals surface area contributed by atoms with Crippen LogP contribution in [0.1, 0.15) is 42.8 Å². The lowest BCUT2D eigenvalue weighted by Gasteiger charge is -2.40. The number of benzene rings is 1. The molecule has 200 valence electrons. The monoisotopic (exact) mass is 525 g/mol. The number of fused-ring (bicyclic) bond motifs is 3. The van der Waals surface area contributed by atoms with Gasteiger partial charge in [-0.15, -0.1) is 0 Å². The number of rotatable bonds is 7. The van der Waals surface area contributed by atoms with Crippen LogP contribution in [0, 0.1) is 11.6 Å². The number of halogens is 6. The van der Waals surface area contributed by atoms with E-state index in [1.807, 2.05) is 0 Å². The van der Waals surface area contributed by atoms with E-state index in [1.165, 1.54) is 4.90 Å². The van der Waals surface area contributed by atoms with E-state index in [9.17, 15) is 26.3 Å². The van der Waals surface area contributed by atoms with Gasteiger partial charge >= 0.3 is 6.18 Å². The van der Waals surface area contributed by atoms with Crippen molar-refractivity contribution in [3.8, 4) is 0 Å². The molecule has 0 radical (unpaired) electrons. The van der Waals surface area contributed by atoms with Gasteiger partial charge in [-0.25, -0.2) is 8.78 Å². The molecular formula is C26H29F6N5. The van der Waals surface area contributed by atoms with Gasteiger partial charge in [0.2, 0.25) is 0 Å². The third-order valence-corrected chi connectivity index (χ3v) is 7.33. The van der Waals surface area contributed by atoms with Crippen LogP contribution in [-0.4, -0.2) is 70.9 Å². The van der Waals surface area contributed by atoms with Crippen LogP contribution in [0.15, 0.2) is 30.5 Å². The average Bonchev–Trinajstić information content (AvgIpc) is 3.42. The molecule has 2 aliphatic rings. The number of likely N-dealkylation sites (tertiary alicyclic amines) is 1. The second-order valence-corrected chi connectivity index (χ2v) is 10.0. The van der Waals surface area contributed by atoms with Crippen molar-refractivity contribution in [2.24, 2.45) is 0 Å². The van der Waals surface area contributed by atoms with Crippen molar-refractivity contribution in [2.45, 2.75) is 50.5 Å². The highest BCUT2D eigenvalue weighted by Gasteiger charge is 2.42. The number of hydrogen-bond donors (Lipinski definition) is 2. The maximum atomic E-state index is 14.0. The van der Waals surface area contributed by atoms with Gasteiger partial charge < -0.3 is 15.2 Å². The molecule has 0 spiro atoms. The van der Waals surface area contributed by atoms with Gasteiger partial charge in [0.25, 0.3) is 0 Å². The molecule has 0 saturated carbocycles. The predicted octanol–water partition coefficient (Wildman–Crippen LogP) is 5.59. The van der Waals surface area contributed by atoms with Gasteiger partial charge in [0.05, 0.1) is 36.8 Å². The zero-order valence-corrected chi connectivity index (χ0v) is 20.4. The first kappa shape index (κ1) is 25.8. The highest BCUT2D eigenvalue weighted by Crippen LogP contribution is 2.42. The molecule has 5 rings (SSSR count). The van der Waals surface area contributed by atoms with E-state index in [-0.39, 0.29) is 19.1 Å². The number of nitrogens with zero attached hydrogens (tertiary/aromatic N) is 3. The van der Waals surface area contributed by atoms with Gasteiger partial charge in [0, 0.05) is 54.4 Å². The third kappa shape index (κ3) is 5.43. The maximum Gasteiger partial charge on any atom is 0.401 e. The molecule has 1 aromatic carbocycles. The lowest BCUT2D eigenvalue weighted by molar-refractivity contribution is -0.155. The Balaban J connectivity index is 1.45. The summed E-state index contributed by atoms with van der Waals surface area (Å²) in [5.41, 5.74) is 2.63. The number of H-pyrrole nitrogens is 1. The molecule has 3 aromatic rings. The molecular weight excluding hydrogens is 496 g/mol. The van der Waals surface area contributed by atoms with Crippen molar-refractivity contribution in [3.05, 3.63) is 59.0 Å². The van der Waals surface area contributed by atoms with Crippen LogP contribution in [0.4, 0.5) is 32.0 Å². The zero-order chi connectivity index (χ0) is 26.3. The molecule has 3 unspecified atom stereocenters. The SMILES string of the molecule is CC1Cc2c([nH]c3cc(F)c(F)cc23)C(c2ccc(NC3CCN(CCCF)C3)cn2)N1CC(F)(F)F. The van der Waals surface area contributed by atoms with Gasteiger partial charge in [-0.05, 0) is 49.9 Å². The van der Waals surface area contributed by atoms with E-state index in [0.717, 1.165) is 37.3 Å². The number of aromatic amines is 1. The van der Waals surface area contributed by atoms with Crippen LogP contribution in [-0.2, 0) is 6.42 Å². The molecule has 0 aliphatic carbocycles. The van der Waals surface area contributed by atoms with Crippen LogP contribution < -0.4 is 5.32 Å². The Bertz CT molecular complexity index is 1240. The lowest BCUT2D eigenvalue weighted by atomic mass is 9.90. The summed E-state index contributed by atoms with van der Waals surface area (Å²) in [7, 11) is 0. The standard InChI is InChI=1S/C26H29F6N5/c1-15-9-19-18-10-20(28)21(29)11-23(18)35-24(19)25(37(15)14-26(30,31)32)22-4-3-16(12-33-22)34-17-5-8-36(13-17)7-2-6-27/h3-4,10-12,15,17,25,34-35H,2,5-9,13-14H2,1H3. The van der Waals surface area contributed by atoms with E-state index in [4.69, 9.17) is 0 Å². The number of hydrogen-bond acceptors (Lipinski definition) is 4. The molecule has 37 heavy (non-hydrogen) atoms. The molecule has 11 heteroatoms. The van der Waals surface area contributed by atoms with Crippen LogP contribution in [0.2, 0.25) is 0 Å². The van der Waals surface area contributed by atoms with Crippen molar-refractivity contribution < 1.29 is 26.3 Å². The number of pyridine rings is 1. The smallest absolute Gasteiger partial charge is 0.380 e. The summed E-state index contributed by atoms with van der Waals surface area (Å²) in [5.74, 6) is -2.02. The summed E-state index contributed by atoms with van der Waals surface area (Å²) in [6.07, 6.45) is -1.17. The zero-order valence-electron chi connectivity index (χ0n) is 20.4. The molecule has 4 heterocycles. The summed E-state index contributed by atoms with van der Waals surface area (Å²) in [6, 6.07) is 4.42. The minimum absolute atomic E-state index is 0.175. The van der Waals surface area contributed by atoms with Crippen LogP contribution in [0.5, 0.6) is 0 Å². The maximum absolute atomic E-state index is 14.0. The predicted molar refractivity (Wildman–Crippen MR) is 129 cm³/mol. The Morgan fingerprint density at radius 1 is 1.16 bits per heavy atom. The highest BCUT2D eigenvalue weighted by molar-refractivity contribution is 5.85. The molecule has 1 fully saturated rings. The Morgan fingerprint density at radius 2 is 1.95 bits per heavy atom. The third-order valence-electron chi connectivity index (χ3n) is 7.33. The van der Waals surface area contributed by atoms with E-state index in [0.29, 0.717) is 40.8 Å². The van der Waals surface area contributed by atoms with Gasteiger partial charge in [0.15, 0.2) is 11.6 Å². The first-order chi connectivity index (χ1) is 17.6. The van der Waals surface area contributed by atoms with Crippen molar-refractivity contribution in [2.75, 3.05) is 38.2 Å². The second-order valence-electron chi connectivity index (χ2n) is 10.0. The summed E-state index contributed by atoms with van der Waals surface area (Å²) >= 11 is 0. The normalized spacial score (nSPS) is 23.1. The molecule has 1 saturated heterocycles. The van der Waals surface area contributed by atoms with Crippen LogP contribution in [0.3, 0.4) is 0 Å². The molecule has 0 amide bonds. The first-order valence-corrected chi connectivity index (χ1v) is 12.5. The Labute approximate surface area is 210 Å². The fraction of sp³-hybridized carbons (Fsp3) is 0.500. The van der Waals surface area contributed by atoms with Gasteiger partial charge in [0.1, 0.15) is 0 Å². The van der Waals surface area contributed by atoms with Crippen molar-refractivity contribution >= 4 is 16.6 Å². The number of alkyl halides is 4. The highest BCUT2D eigenvalue weighted by atomic mass is 19.4. The fourth-order valence-electron chi connectivity index (χ4n) is 5.65. The summed E-state index contributed by atoms with van der Waals surface area (Å²) in [5, 5.41) is 3.87. The summed E-state index contributed by atoms with van der Waals surface area (Å²) in [4.78, 5) is 11.1. The Morgan fingerprint density at radius 3 is 2.65 bits per heavy atom. The van der Waals surface area contributed by atoms with Gasteiger partial charge in [-0.3, -0.25) is 14.3 Å². The van der Waals surface area contributed by atoms with Gasteiger partial charge in [-0.2, -0.15) is 13.2 Å². The van der Waals surface area contributed by atoms with Crippen LogP contribution >= 0.6 is 0 Å². The van der Waals surface area contributed by atoms with Crippen LogP contribution in [0.25, 0.3) is 10.9 Å². The Hall–Kier alpha value is -2.79. The largest absolute Gasteiger partial charge is 0.401 e.